The summed E-state index contributed by atoms with van der Waals surface area (Å²) in [5.41, 5.74) is 4.76. The summed E-state index contributed by atoms with van der Waals surface area (Å²) in [7, 11) is 1.66. The molecule has 0 fully saturated rings. The van der Waals surface area contributed by atoms with E-state index in [0.29, 0.717) is 25.4 Å². The van der Waals surface area contributed by atoms with Crippen molar-refractivity contribution in [3.05, 3.63) is 42.0 Å². The normalized spacial score (nSPS) is 20.7. The van der Waals surface area contributed by atoms with Gasteiger partial charge in [0.15, 0.2) is 0 Å². The van der Waals surface area contributed by atoms with Crippen molar-refractivity contribution in [2.45, 2.75) is 19.4 Å². The van der Waals surface area contributed by atoms with Crippen LogP contribution in [-0.4, -0.2) is 55.4 Å². The van der Waals surface area contributed by atoms with E-state index in [2.05, 4.69) is 10.4 Å². The second-order valence-corrected chi connectivity index (χ2v) is 6.07. The van der Waals surface area contributed by atoms with Gasteiger partial charge in [-0.3, -0.25) is 15.0 Å². The molecule has 132 valence electrons. The number of hydrogen-bond acceptors (Lipinski definition) is 5. The molecule has 1 atom stereocenters. The molecule has 1 N–H and O–H groups in total. The van der Waals surface area contributed by atoms with Crippen LogP contribution in [0.15, 0.2) is 47.0 Å². The molecule has 25 heavy (non-hydrogen) atoms. The van der Waals surface area contributed by atoms with Gasteiger partial charge in [0.05, 0.1) is 12.3 Å². The van der Waals surface area contributed by atoms with E-state index in [4.69, 9.17) is 4.74 Å². The number of methoxy groups -OCH3 is 1. The zero-order chi connectivity index (χ0) is 17.8. The van der Waals surface area contributed by atoms with Gasteiger partial charge in [-0.05, 0) is 31.1 Å². The molecule has 0 aromatic heterocycles. The van der Waals surface area contributed by atoms with Gasteiger partial charge in [0, 0.05) is 20.2 Å². The summed E-state index contributed by atoms with van der Waals surface area (Å²) < 4.78 is 5.13. The van der Waals surface area contributed by atoms with E-state index in [0.717, 1.165) is 6.42 Å². The summed E-state index contributed by atoms with van der Waals surface area (Å²) in [5, 5.41) is 1.39. The second kappa shape index (κ2) is 7.48. The highest BCUT2D eigenvalue weighted by Gasteiger charge is 2.32. The number of benzene rings is 1. The van der Waals surface area contributed by atoms with Crippen LogP contribution in [0, 0.1) is 0 Å². The van der Waals surface area contributed by atoms with Gasteiger partial charge in [0.1, 0.15) is 6.04 Å². The van der Waals surface area contributed by atoms with Crippen LogP contribution in [0.25, 0.3) is 0 Å². The van der Waals surface area contributed by atoms with Gasteiger partial charge in [0.2, 0.25) is 5.84 Å². The average Bonchev–Trinajstić information content (AvgIpc) is 2.65. The Kier molecular flexibility index (Phi) is 5.14. The SMILES string of the molecule is COCC1=CCN(C(=O)C2=N[C@@H](C)C(=O)N(c3ccccc3)N2)CC1. The molecule has 0 saturated carbocycles. The lowest BCUT2D eigenvalue weighted by atomic mass is 10.1. The fourth-order valence-corrected chi connectivity index (χ4v) is 2.86. The zero-order valence-corrected chi connectivity index (χ0v) is 14.4. The minimum absolute atomic E-state index is 0.191. The van der Waals surface area contributed by atoms with Crippen LogP contribution in [0.5, 0.6) is 0 Å². The van der Waals surface area contributed by atoms with Crippen molar-refractivity contribution in [3.63, 3.8) is 0 Å². The van der Waals surface area contributed by atoms with Gasteiger partial charge in [-0.1, -0.05) is 24.3 Å². The fourth-order valence-electron chi connectivity index (χ4n) is 2.86. The van der Waals surface area contributed by atoms with Crippen LogP contribution >= 0.6 is 0 Å². The fraction of sp³-hybridized carbons (Fsp3) is 0.389. The monoisotopic (exact) mass is 342 g/mol. The highest BCUT2D eigenvalue weighted by molar-refractivity contribution is 6.39. The van der Waals surface area contributed by atoms with Crippen LogP contribution in [0.1, 0.15) is 13.3 Å². The van der Waals surface area contributed by atoms with E-state index < -0.39 is 6.04 Å². The third-order valence-electron chi connectivity index (χ3n) is 4.26. The molecule has 0 saturated heterocycles. The van der Waals surface area contributed by atoms with Crippen molar-refractivity contribution in [3.8, 4) is 0 Å². The minimum atomic E-state index is -0.607. The number of hydrogen-bond donors (Lipinski definition) is 1. The first-order valence-corrected chi connectivity index (χ1v) is 8.29. The van der Waals surface area contributed by atoms with Crippen molar-refractivity contribution in [1.29, 1.82) is 0 Å². The predicted octanol–water partition coefficient (Wildman–Crippen LogP) is 1.13. The van der Waals surface area contributed by atoms with Crippen LogP contribution < -0.4 is 10.4 Å². The van der Waals surface area contributed by atoms with E-state index in [1.807, 2.05) is 36.4 Å². The van der Waals surface area contributed by atoms with E-state index >= 15 is 0 Å². The van der Waals surface area contributed by atoms with Crippen LogP contribution in [-0.2, 0) is 14.3 Å². The Hall–Kier alpha value is -2.67. The Morgan fingerprint density at radius 1 is 1.36 bits per heavy atom. The number of anilines is 1. The molecule has 3 rings (SSSR count). The van der Waals surface area contributed by atoms with Crippen molar-refractivity contribution in [2.75, 3.05) is 31.8 Å². The first-order valence-electron chi connectivity index (χ1n) is 8.29. The lowest BCUT2D eigenvalue weighted by Crippen LogP contribution is -2.58. The number of amidine groups is 1. The van der Waals surface area contributed by atoms with Gasteiger partial charge >= 0.3 is 0 Å². The summed E-state index contributed by atoms with van der Waals surface area (Å²) in [5.74, 6) is -0.198. The lowest BCUT2D eigenvalue weighted by Gasteiger charge is -2.33. The summed E-state index contributed by atoms with van der Waals surface area (Å²) in [4.78, 5) is 31.1. The molecule has 0 spiro atoms. The molecule has 1 aromatic rings. The number of carbonyl (C=O) groups is 2. The number of carbonyl (C=O) groups excluding carboxylic acids is 2. The van der Waals surface area contributed by atoms with E-state index in [-0.39, 0.29) is 17.6 Å². The molecule has 7 heteroatoms. The first-order chi connectivity index (χ1) is 12.1. The highest BCUT2D eigenvalue weighted by Crippen LogP contribution is 2.17. The molecule has 2 aliphatic heterocycles. The van der Waals surface area contributed by atoms with Crippen LogP contribution in [0.3, 0.4) is 0 Å². The van der Waals surface area contributed by atoms with Crippen molar-refractivity contribution in [1.82, 2.24) is 10.3 Å². The number of nitrogens with one attached hydrogen (secondary N) is 1. The minimum Gasteiger partial charge on any atom is -0.380 e. The van der Waals surface area contributed by atoms with Gasteiger partial charge in [0.25, 0.3) is 11.8 Å². The third-order valence-corrected chi connectivity index (χ3v) is 4.26. The average molecular weight is 342 g/mol. The van der Waals surface area contributed by atoms with E-state index in [1.165, 1.54) is 10.6 Å². The molecule has 2 aliphatic rings. The van der Waals surface area contributed by atoms with Crippen molar-refractivity contribution < 1.29 is 14.3 Å². The quantitative estimate of drug-likeness (QED) is 0.833. The van der Waals surface area contributed by atoms with E-state index in [9.17, 15) is 9.59 Å². The zero-order valence-electron chi connectivity index (χ0n) is 14.4. The highest BCUT2D eigenvalue weighted by atomic mass is 16.5. The van der Waals surface area contributed by atoms with E-state index in [1.54, 1.807) is 18.9 Å². The number of ether oxygens (including phenoxy) is 1. The summed E-state index contributed by atoms with van der Waals surface area (Å²) in [6.45, 7) is 3.42. The maximum atomic E-state index is 12.8. The number of hydrazine groups is 1. The smallest absolute Gasteiger partial charge is 0.291 e. The molecule has 0 bridgehead atoms. The number of aliphatic imine (C=N–C) groups is 1. The Bertz CT molecular complexity index is 714. The Morgan fingerprint density at radius 2 is 2.12 bits per heavy atom. The molecular formula is C18H22N4O3. The molecule has 0 radical (unpaired) electrons. The van der Waals surface area contributed by atoms with Crippen LogP contribution in [0.2, 0.25) is 0 Å². The number of rotatable bonds is 4. The second-order valence-electron chi connectivity index (χ2n) is 6.07. The van der Waals surface area contributed by atoms with Crippen LogP contribution in [0.4, 0.5) is 5.69 Å². The molecule has 0 unspecified atom stereocenters. The lowest BCUT2D eigenvalue weighted by molar-refractivity contribution is -0.124. The molecule has 7 nitrogen and oxygen atoms in total. The Labute approximate surface area is 146 Å². The maximum Gasteiger partial charge on any atom is 0.291 e. The maximum absolute atomic E-state index is 12.8. The Morgan fingerprint density at radius 3 is 2.76 bits per heavy atom. The van der Waals surface area contributed by atoms with Crippen molar-refractivity contribution >= 4 is 23.3 Å². The Balaban J connectivity index is 1.75. The van der Waals surface area contributed by atoms with Gasteiger partial charge in [-0.2, -0.15) is 0 Å². The van der Waals surface area contributed by atoms with Gasteiger partial charge in [-0.25, -0.2) is 10.0 Å². The number of nitrogens with zero attached hydrogens (tertiary/aromatic N) is 3. The predicted molar refractivity (Wildman–Crippen MR) is 95.1 cm³/mol. The number of para-hydroxylation sites is 1. The molecule has 2 heterocycles. The number of amides is 2. The van der Waals surface area contributed by atoms with Gasteiger partial charge < -0.3 is 9.64 Å². The van der Waals surface area contributed by atoms with Crippen molar-refractivity contribution in [2.24, 2.45) is 4.99 Å². The molecular weight excluding hydrogens is 320 g/mol. The van der Waals surface area contributed by atoms with Gasteiger partial charge in [-0.15, -0.1) is 0 Å². The topological polar surface area (TPSA) is 74.2 Å². The first kappa shape index (κ1) is 17.2. The molecule has 2 amide bonds. The third kappa shape index (κ3) is 3.71. The molecule has 0 aliphatic carbocycles. The largest absolute Gasteiger partial charge is 0.380 e. The summed E-state index contributed by atoms with van der Waals surface area (Å²) in [6, 6.07) is 8.57. The summed E-state index contributed by atoms with van der Waals surface area (Å²) in [6.07, 6.45) is 2.79. The molecule has 1 aromatic carbocycles. The summed E-state index contributed by atoms with van der Waals surface area (Å²) >= 11 is 0. The standard InChI is InChI=1S/C18H22N4O3/c1-13-17(23)22(15-6-4-3-5-7-15)20-16(19-13)18(24)21-10-8-14(9-11-21)12-25-2/h3-8,13H,9-12H2,1-2H3,(H,19,20)/t13-/m0/s1.